The quantitative estimate of drug-likeness (QED) is 0.782. The number of methoxy groups -OCH3 is 1. The fraction of sp³-hybridized carbons (Fsp3) is 0.600. The molecule has 0 aromatic heterocycles. The van der Waals surface area contributed by atoms with Gasteiger partial charge in [-0.1, -0.05) is 30.3 Å². The van der Waals surface area contributed by atoms with Crippen LogP contribution in [0.1, 0.15) is 18.4 Å². The first-order chi connectivity index (χ1) is 8.87. The molecule has 1 aliphatic rings. The predicted octanol–water partition coefficient (Wildman–Crippen LogP) is 1.97. The SMILES string of the molecule is COCCNCC1(c2ccccc2)CCOCC1. The van der Waals surface area contributed by atoms with Gasteiger partial charge in [-0.2, -0.15) is 0 Å². The highest BCUT2D eigenvalue weighted by Crippen LogP contribution is 2.34. The molecule has 3 heteroatoms. The van der Waals surface area contributed by atoms with E-state index in [1.165, 1.54) is 5.56 Å². The number of ether oxygens (including phenoxy) is 2. The fourth-order valence-electron chi connectivity index (χ4n) is 2.62. The first kappa shape index (κ1) is 13.5. The Morgan fingerprint density at radius 3 is 2.61 bits per heavy atom. The zero-order valence-electron chi connectivity index (χ0n) is 11.2. The lowest BCUT2D eigenvalue weighted by Crippen LogP contribution is -2.43. The first-order valence-electron chi connectivity index (χ1n) is 6.70. The van der Waals surface area contributed by atoms with Gasteiger partial charge in [0.1, 0.15) is 0 Å². The Morgan fingerprint density at radius 1 is 1.22 bits per heavy atom. The van der Waals surface area contributed by atoms with E-state index in [1.54, 1.807) is 7.11 Å². The number of nitrogens with one attached hydrogen (secondary N) is 1. The maximum atomic E-state index is 5.52. The number of rotatable bonds is 6. The molecule has 1 aliphatic heterocycles. The average Bonchev–Trinajstić information content (AvgIpc) is 2.46. The molecular formula is C15H23NO2. The molecule has 1 fully saturated rings. The minimum Gasteiger partial charge on any atom is -0.383 e. The Balaban J connectivity index is 2.03. The van der Waals surface area contributed by atoms with Crippen LogP contribution in [0.25, 0.3) is 0 Å². The second-order valence-corrected chi connectivity index (χ2v) is 4.93. The Kier molecular flexibility index (Phi) is 5.17. The van der Waals surface area contributed by atoms with Crippen molar-refractivity contribution < 1.29 is 9.47 Å². The van der Waals surface area contributed by atoms with Gasteiger partial charge in [0.15, 0.2) is 0 Å². The zero-order chi connectivity index (χ0) is 12.7. The van der Waals surface area contributed by atoms with Crippen molar-refractivity contribution in [2.75, 3.05) is 40.0 Å². The van der Waals surface area contributed by atoms with Crippen molar-refractivity contribution in [3.63, 3.8) is 0 Å². The van der Waals surface area contributed by atoms with Crippen LogP contribution in [0.15, 0.2) is 30.3 Å². The molecule has 0 unspecified atom stereocenters. The van der Waals surface area contributed by atoms with E-state index in [4.69, 9.17) is 9.47 Å². The fourth-order valence-corrected chi connectivity index (χ4v) is 2.62. The van der Waals surface area contributed by atoms with Crippen LogP contribution >= 0.6 is 0 Å². The highest BCUT2D eigenvalue weighted by Gasteiger charge is 2.33. The molecular weight excluding hydrogens is 226 g/mol. The third-order valence-electron chi connectivity index (χ3n) is 3.78. The monoisotopic (exact) mass is 249 g/mol. The Hall–Kier alpha value is -0.900. The van der Waals surface area contributed by atoms with Gasteiger partial charge in [0.25, 0.3) is 0 Å². The first-order valence-corrected chi connectivity index (χ1v) is 6.70. The van der Waals surface area contributed by atoms with E-state index in [0.717, 1.165) is 45.8 Å². The standard InChI is InChI=1S/C15H23NO2/c1-17-12-9-16-13-15(7-10-18-11-8-15)14-5-3-2-4-6-14/h2-6,16H,7-13H2,1H3. The topological polar surface area (TPSA) is 30.5 Å². The van der Waals surface area contributed by atoms with Crippen LogP contribution in [0, 0.1) is 0 Å². The van der Waals surface area contributed by atoms with Crippen molar-refractivity contribution >= 4 is 0 Å². The minimum absolute atomic E-state index is 0.229. The van der Waals surface area contributed by atoms with Gasteiger partial charge in [-0.05, 0) is 18.4 Å². The molecule has 2 rings (SSSR count). The molecule has 1 aromatic carbocycles. The highest BCUT2D eigenvalue weighted by atomic mass is 16.5. The van der Waals surface area contributed by atoms with E-state index in [2.05, 4.69) is 35.6 Å². The molecule has 0 radical (unpaired) electrons. The molecule has 1 N–H and O–H groups in total. The van der Waals surface area contributed by atoms with E-state index in [9.17, 15) is 0 Å². The molecule has 0 aliphatic carbocycles. The maximum Gasteiger partial charge on any atom is 0.0587 e. The summed E-state index contributed by atoms with van der Waals surface area (Å²) in [6.45, 7) is 4.40. The zero-order valence-corrected chi connectivity index (χ0v) is 11.2. The lowest BCUT2D eigenvalue weighted by atomic mass is 9.74. The molecule has 0 spiro atoms. The van der Waals surface area contributed by atoms with Crippen LogP contribution in [-0.2, 0) is 14.9 Å². The summed E-state index contributed by atoms with van der Waals surface area (Å²) in [5, 5.41) is 3.51. The van der Waals surface area contributed by atoms with Crippen molar-refractivity contribution in [1.29, 1.82) is 0 Å². The van der Waals surface area contributed by atoms with Gasteiger partial charge in [0.05, 0.1) is 6.61 Å². The molecule has 0 bridgehead atoms. The summed E-state index contributed by atoms with van der Waals surface area (Å²) in [7, 11) is 1.74. The van der Waals surface area contributed by atoms with E-state index in [1.807, 2.05) is 0 Å². The van der Waals surface area contributed by atoms with E-state index >= 15 is 0 Å². The van der Waals surface area contributed by atoms with E-state index < -0.39 is 0 Å². The van der Waals surface area contributed by atoms with Crippen LogP contribution in [0.4, 0.5) is 0 Å². The highest BCUT2D eigenvalue weighted by molar-refractivity contribution is 5.26. The maximum absolute atomic E-state index is 5.52. The van der Waals surface area contributed by atoms with Crippen molar-refractivity contribution in [2.45, 2.75) is 18.3 Å². The van der Waals surface area contributed by atoms with Crippen molar-refractivity contribution in [3.8, 4) is 0 Å². The van der Waals surface area contributed by atoms with Crippen LogP contribution in [0.2, 0.25) is 0 Å². The van der Waals surface area contributed by atoms with Crippen molar-refractivity contribution in [2.24, 2.45) is 0 Å². The average molecular weight is 249 g/mol. The van der Waals surface area contributed by atoms with E-state index in [-0.39, 0.29) is 5.41 Å². The Morgan fingerprint density at radius 2 is 1.94 bits per heavy atom. The van der Waals surface area contributed by atoms with Gasteiger partial charge >= 0.3 is 0 Å². The second kappa shape index (κ2) is 6.88. The van der Waals surface area contributed by atoms with Gasteiger partial charge < -0.3 is 14.8 Å². The van der Waals surface area contributed by atoms with Crippen LogP contribution < -0.4 is 5.32 Å². The summed E-state index contributed by atoms with van der Waals surface area (Å²) < 4.78 is 10.6. The third-order valence-corrected chi connectivity index (χ3v) is 3.78. The van der Waals surface area contributed by atoms with Gasteiger partial charge in [0, 0.05) is 38.8 Å². The number of hydrogen-bond donors (Lipinski definition) is 1. The molecule has 0 amide bonds. The largest absolute Gasteiger partial charge is 0.383 e. The summed E-state index contributed by atoms with van der Waals surface area (Å²) in [4.78, 5) is 0. The normalized spacial score (nSPS) is 18.7. The second-order valence-electron chi connectivity index (χ2n) is 4.93. The number of hydrogen-bond acceptors (Lipinski definition) is 3. The van der Waals surface area contributed by atoms with Gasteiger partial charge in [-0.25, -0.2) is 0 Å². The van der Waals surface area contributed by atoms with Crippen LogP contribution in [0.5, 0.6) is 0 Å². The lowest BCUT2D eigenvalue weighted by Gasteiger charge is -2.38. The van der Waals surface area contributed by atoms with Crippen LogP contribution in [-0.4, -0.2) is 40.0 Å². The molecule has 1 aromatic rings. The summed E-state index contributed by atoms with van der Waals surface area (Å²) in [5.74, 6) is 0. The summed E-state index contributed by atoms with van der Waals surface area (Å²) in [6, 6.07) is 10.8. The van der Waals surface area contributed by atoms with Crippen molar-refractivity contribution in [3.05, 3.63) is 35.9 Å². The molecule has 1 heterocycles. The Bertz CT molecular complexity index is 334. The molecule has 18 heavy (non-hydrogen) atoms. The summed E-state index contributed by atoms with van der Waals surface area (Å²) in [5.41, 5.74) is 1.66. The van der Waals surface area contributed by atoms with Gasteiger partial charge in [0.2, 0.25) is 0 Å². The molecule has 0 atom stereocenters. The summed E-state index contributed by atoms with van der Waals surface area (Å²) in [6.07, 6.45) is 2.19. The van der Waals surface area contributed by atoms with Crippen molar-refractivity contribution in [1.82, 2.24) is 5.32 Å². The Labute approximate surface area is 109 Å². The van der Waals surface area contributed by atoms with Gasteiger partial charge in [-0.15, -0.1) is 0 Å². The predicted molar refractivity (Wildman–Crippen MR) is 72.9 cm³/mol. The van der Waals surface area contributed by atoms with Gasteiger partial charge in [-0.3, -0.25) is 0 Å². The smallest absolute Gasteiger partial charge is 0.0587 e. The minimum atomic E-state index is 0.229. The number of benzene rings is 1. The lowest BCUT2D eigenvalue weighted by molar-refractivity contribution is 0.0493. The summed E-state index contributed by atoms with van der Waals surface area (Å²) >= 11 is 0. The van der Waals surface area contributed by atoms with Crippen LogP contribution in [0.3, 0.4) is 0 Å². The molecule has 3 nitrogen and oxygen atoms in total. The third kappa shape index (κ3) is 3.31. The molecule has 0 saturated carbocycles. The molecule has 1 saturated heterocycles. The molecule has 100 valence electrons. The van der Waals surface area contributed by atoms with E-state index in [0.29, 0.717) is 0 Å².